The molecule has 2 rings (SSSR count). The largest absolute Gasteiger partial charge is 0.494 e. The summed E-state index contributed by atoms with van der Waals surface area (Å²) < 4.78 is 5.85. The minimum atomic E-state index is -0.888. The summed E-state index contributed by atoms with van der Waals surface area (Å²) in [4.78, 5) is 12.4. The number of hydrogen-bond acceptors (Lipinski definition) is 3. The van der Waals surface area contributed by atoms with Crippen LogP contribution >= 0.6 is 0 Å². The lowest BCUT2D eigenvalue weighted by atomic mass is 9.60. The van der Waals surface area contributed by atoms with Crippen LogP contribution in [0.1, 0.15) is 116 Å². The average Bonchev–Trinajstić information content (AvgIpc) is 2.82. The molecule has 0 amide bonds. The maximum absolute atomic E-state index is 12.4. The standard InChI is InChI=1S/C28H43NO3/c1-3-5-7-9-11-17-27(23-29)18-20-28(21-19-27,26(30)31)24-13-15-25(16-14-24)32-22-12-10-8-6-4-2/h13-16H,3-12,17-22H2,1-2H3,(H,30,31). The van der Waals surface area contributed by atoms with E-state index in [1.165, 1.54) is 51.4 Å². The van der Waals surface area contributed by atoms with E-state index < -0.39 is 11.4 Å². The number of rotatable bonds is 15. The summed E-state index contributed by atoms with van der Waals surface area (Å²) in [6.45, 7) is 5.12. The fourth-order valence-corrected chi connectivity index (χ4v) is 5.03. The fraction of sp³-hybridized carbons (Fsp3) is 0.714. The first-order valence-electron chi connectivity index (χ1n) is 12.9. The fourth-order valence-electron chi connectivity index (χ4n) is 5.03. The van der Waals surface area contributed by atoms with Gasteiger partial charge in [-0.3, -0.25) is 4.79 Å². The first-order valence-corrected chi connectivity index (χ1v) is 12.9. The summed E-state index contributed by atoms with van der Waals surface area (Å²) >= 11 is 0. The van der Waals surface area contributed by atoms with Crippen LogP contribution in [0.5, 0.6) is 5.75 Å². The van der Waals surface area contributed by atoms with Crippen LogP contribution in [0.15, 0.2) is 24.3 Å². The van der Waals surface area contributed by atoms with E-state index in [9.17, 15) is 15.2 Å². The molecule has 0 aliphatic heterocycles. The molecule has 0 radical (unpaired) electrons. The van der Waals surface area contributed by atoms with Crippen LogP contribution in [-0.4, -0.2) is 17.7 Å². The molecule has 1 saturated carbocycles. The number of nitriles is 1. The molecule has 1 aliphatic carbocycles. The minimum Gasteiger partial charge on any atom is -0.494 e. The molecule has 1 aliphatic rings. The number of aliphatic carboxylic acids is 1. The number of nitrogens with zero attached hydrogens (tertiary/aromatic N) is 1. The third kappa shape index (κ3) is 7.26. The van der Waals surface area contributed by atoms with E-state index in [2.05, 4.69) is 19.9 Å². The Morgan fingerprint density at radius 1 is 0.906 bits per heavy atom. The number of ether oxygens (including phenoxy) is 1. The van der Waals surface area contributed by atoms with Crippen molar-refractivity contribution in [3.63, 3.8) is 0 Å². The SMILES string of the molecule is CCCCCCCOc1ccc(C2(C(=O)O)CCC(C#N)(CCCCCCC)CC2)cc1. The van der Waals surface area contributed by atoms with E-state index in [4.69, 9.17) is 4.74 Å². The summed E-state index contributed by atoms with van der Waals surface area (Å²) in [6, 6.07) is 10.2. The normalized spacial score (nSPS) is 22.9. The summed E-state index contributed by atoms with van der Waals surface area (Å²) in [5, 5.41) is 20.1. The number of carbonyl (C=O) groups is 1. The lowest BCUT2D eigenvalue weighted by Gasteiger charge is -2.41. The molecule has 0 aromatic heterocycles. The first-order chi connectivity index (χ1) is 15.5. The lowest BCUT2D eigenvalue weighted by molar-refractivity contribution is -0.146. The van der Waals surface area contributed by atoms with Crippen molar-refractivity contribution in [1.82, 2.24) is 0 Å². The third-order valence-electron chi connectivity index (χ3n) is 7.39. The zero-order valence-corrected chi connectivity index (χ0v) is 20.3. The molecule has 32 heavy (non-hydrogen) atoms. The quantitative estimate of drug-likeness (QED) is 0.282. The van der Waals surface area contributed by atoms with Gasteiger partial charge in [0.2, 0.25) is 0 Å². The monoisotopic (exact) mass is 441 g/mol. The van der Waals surface area contributed by atoms with E-state index in [1.54, 1.807) is 0 Å². The molecule has 1 N–H and O–H groups in total. The molecule has 0 atom stereocenters. The average molecular weight is 442 g/mol. The van der Waals surface area contributed by atoms with Crippen molar-refractivity contribution in [3.05, 3.63) is 29.8 Å². The van der Waals surface area contributed by atoms with Gasteiger partial charge < -0.3 is 9.84 Å². The Morgan fingerprint density at radius 3 is 2.00 bits per heavy atom. The summed E-state index contributed by atoms with van der Waals surface area (Å²) in [5.74, 6) is 0.0376. The number of carboxylic acids is 1. The predicted molar refractivity (Wildman–Crippen MR) is 130 cm³/mol. The topological polar surface area (TPSA) is 70.3 Å². The van der Waals surface area contributed by atoms with Crippen LogP contribution < -0.4 is 4.74 Å². The van der Waals surface area contributed by atoms with Gasteiger partial charge in [0.1, 0.15) is 5.75 Å². The van der Waals surface area contributed by atoms with Crippen molar-refractivity contribution in [2.45, 2.75) is 116 Å². The van der Waals surface area contributed by atoms with E-state index >= 15 is 0 Å². The maximum atomic E-state index is 12.4. The van der Waals surface area contributed by atoms with Gasteiger partial charge in [-0.15, -0.1) is 0 Å². The van der Waals surface area contributed by atoms with Crippen LogP contribution in [0, 0.1) is 16.7 Å². The molecule has 0 saturated heterocycles. The summed E-state index contributed by atoms with van der Waals surface area (Å²) in [7, 11) is 0. The number of benzene rings is 1. The van der Waals surface area contributed by atoms with E-state index in [0.717, 1.165) is 30.6 Å². The van der Waals surface area contributed by atoms with Crippen molar-refractivity contribution < 1.29 is 14.6 Å². The molecule has 0 bridgehead atoms. The molecule has 0 unspecified atom stereocenters. The predicted octanol–water partition coefficient (Wildman–Crippen LogP) is 7.80. The van der Waals surface area contributed by atoms with Gasteiger partial charge in [0.25, 0.3) is 0 Å². The van der Waals surface area contributed by atoms with Crippen molar-refractivity contribution >= 4 is 5.97 Å². The van der Waals surface area contributed by atoms with Gasteiger partial charge in [-0.2, -0.15) is 5.26 Å². The maximum Gasteiger partial charge on any atom is 0.314 e. The minimum absolute atomic E-state index is 0.355. The zero-order chi connectivity index (χ0) is 23.3. The number of unbranched alkanes of at least 4 members (excludes halogenated alkanes) is 8. The van der Waals surface area contributed by atoms with Gasteiger partial charge in [0.15, 0.2) is 0 Å². The second-order valence-corrected chi connectivity index (χ2v) is 9.73. The Labute approximate surface area is 195 Å². The Balaban J connectivity index is 1.94. The highest BCUT2D eigenvalue weighted by Crippen LogP contribution is 2.49. The Kier molecular flexibility index (Phi) is 11.1. The van der Waals surface area contributed by atoms with Crippen LogP contribution in [0.4, 0.5) is 0 Å². The van der Waals surface area contributed by atoms with E-state index in [0.29, 0.717) is 32.3 Å². The van der Waals surface area contributed by atoms with E-state index in [1.807, 2.05) is 24.3 Å². The molecule has 4 heteroatoms. The van der Waals surface area contributed by atoms with Gasteiger partial charge >= 0.3 is 5.97 Å². The van der Waals surface area contributed by atoms with Crippen LogP contribution in [0.2, 0.25) is 0 Å². The first kappa shape index (κ1) is 26.2. The van der Waals surface area contributed by atoms with Gasteiger partial charge in [-0.1, -0.05) is 83.8 Å². The number of carboxylic acid groups (broad SMARTS) is 1. The molecule has 178 valence electrons. The molecular formula is C28H43NO3. The van der Waals surface area contributed by atoms with Crippen molar-refractivity contribution in [2.75, 3.05) is 6.61 Å². The smallest absolute Gasteiger partial charge is 0.314 e. The van der Waals surface area contributed by atoms with Gasteiger partial charge in [-0.25, -0.2) is 0 Å². The second-order valence-electron chi connectivity index (χ2n) is 9.73. The van der Waals surface area contributed by atoms with Crippen LogP contribution in [0.3, 0.4) is 0 Å². The third-order valence-corrected chi connectivity index (χ3v) is 7.39. The van der Waals surface area contributed by atoms with E-state index in [-0.39, 0.29) is 5.41 Å². The second kappa shape index (κ2) is 13.5. The lowest BCUT2D eigenvalue weighted by Crippen LogP contribution is -2.42. The van der Waals surface area contributed by atoms with Gasteiger partial charge in [-0.05, 0) is 56.2 Å². The highest BCUT2D eigenvalue weighted by Gasteiger charge is 2.48. The molecule has 1 fully saturated rings. The highest BCUT2D eigenvalue weighted by molar-refractivity contribution is 5.81. The van der Waals surface area contributed by atoms with Crippen molar-refractivity contribution in [2.24, 2.45) is 5.41 Å². The molecule has 0 spiro atoms. The Morgan fingerprint density at radius 2 is 1.47 bits per heavy atom. The van der Waals surface area contributed by atoms with Crippen LogP contribution in [0.25, 0.3) is 0 Å². The van der Waals surface area contributed by atoms with Crippen molar-refractivity contribution in [1.29, 1.82) is 5.26 Å². The highest BCUT2D eigenvalue weighted by atomic mass is 16.5. The zero-order valence-electron chi connectivity index (χ0n) is 20.3. The van der Waals surface area contributed by atoms with Gasteiger partial charge in [0.05, 0.1) is 23.5 Å². The molecule has 1 aromatic carbocycles. The Hall–Kier alpha value is -2.02. The van der Waals surface area contributed by atoms with Crippen molar-refractivity contribution in [3.8, 4) is 11.8 Å². The molecule has 1 aromatic rings. The van der Waals surface area contributed by atoms with Crippen LogP contribution in [-0.2, 0) is 10.2 Å². The summed E-state index contributed by atoms with van der Waals surface area (Å²) in [5.41, 5.74) is -0.400. The van der Waals surface area contributed by atoms with Gasteiger partial charge in [0, 0.05) is 0 Å². The molecule has 0 heterocycles. The molecular weight excluding hydrogens is 398 g/mol. The summed E-state index contributed by atoms with van der Waals surface area (Å²) in [6.07, 6.45) is 15.2. The molecule has 4 nitrogen and oxygen atoms in total. The Bertz CT molecular complexity index is 711. The number of hydrogen-bond donors (Lipinski definition) is 1.